The predicted octanol–water partition coefficient (Wildman–Crippen LogP) is 10.8. The van der Waals surface area contributed by atoms with Gasteiger partial charge in [0.2, 0.25) is 0 Å². The van der Waals surface area contributed by atoms with Crippen LogP contribution in [0.4, 0.5) is 0 Å². The highest BCUT2D eigenvalue weighted by Gasteiger charge is 2.25. The monoisotopic (exact) mass is 692 g/mol. The number of aromatic nitrogens is 3. The average molecular weight is 693 g/mol. The molecular formula is C48H32N6. The Bertz CT molecular complexity index is 2910. The van der Waals surface area contributed by atoms with Crippen molar-refractivity contribution in [3.63, 3.8) is 0 Å². The predicted molar refractivity (Wildman–Crippen MR) is 220 cm³/mol. The molecular weight excluding hydrogens is 661 g/mol. The number of hydrogen-bond acceptors (Lipinski definition) is 6. The van der Waals surface area contributed by atoms with E-state index >= 15 is 0 Å². The first-order valence-electron chi connectivity index (χ1n) is 18.0. The summed E-state index contributed by atoms with van der Waals surface area (Å²) in [5, 5.41) is 10.4. The fourth-order valence-electron chi connectivity index (χ4n) is 7.26. The normalized spacial score (nSPS) is 14.1. The third-order valence-electron chi connectivity index (χ3n) is 9.94. The van der Waals surface area contributed by atoms with E-state index in [0.29, 0.717) is 23.3 Å². The van der Waals surface area contributed by atoms with E-state index in [0.717, 1.165) is 60.8 Å². The Morgan fingerprint density at radius 1 is 0.389 bits per heavy atom. The van der Waals surface area contributed by atoms with Crippen LogP contribution in [-0.2, 0) is 0 Å². The number of aliphatic imine (C=N–C) groups is 2. The first-order chi connectivity index (χ1) is 26.7. The van der Waals surface area contributed by atoms with Crippen LogP contribution < -0.4 is 5.32 Å². The Morgan fingerprint density at radius 2 is 0.926 bits per heavy atom. The summed E-state index contributed by atoms with van der Waals surface area (Å²) in [6.45, 7) is 0. The molecule has 1 unspecified atom stereocenters. The molecule has 2 heterocycles. The summed E-state index contributed by atoms with van der Waals surface area (Å²) >= 11 is 0. The van der Waals surface area contributed by atoms with Crippen molar-refractivity contribution in [2.45, 2.75) is 6.17 Å². The van der Waals surface area contributed by atoms with Crippen LogP contribution >= 0.6 is 0 Å². The van der Waals surface area contributed by atoms with Crippen molar-refractivity contribution < 1.29 is 0 Å². The largest absolute Gasteiger partial charge is 0.344 e. The molecule has 0 bridgehead atoms. The number of nitrogens with one attached hydrogen (secondary N) is 1. The Labute approximate surface area is 312 Å². The summed E-state index contributed by atoms with van der Waals surface area (Å²) < 4.78 is 0. The number of benzene rings is 8. The maximum atomic E-state index is 5.31. The number of amidine groups is 2. The van der Waals surface area contributed by atoms with Crippen molar-refractivity contribution in [3.05, 3.63) is 199 Å². The van der Waals surface area contributed by atoms with Gasteiger partial charge in [-0.25, -0.2) is 24.9 Å². The third kappa shape index (κ3) is 5.86. The molecule has 1 N–H and O–H groups in total. The second kappa shape index (κ2) is 13.3. The first-order valence-corrected chi connectivity index (χ1v) is 18.0. The van der Waals surface area contributed by atoms with Crippen LogP contribution in [0.1, 0.15) is 22.9 Å². The van der Waals surface area contributed by atoms with Crippen molar-refractivity contribution in [3.8, 4) is 34.2 Å². The molecule has 254 valence electrons. The lowest BCUT2D eigenvalue weighted by Crippen LogP contribution is -2.33. The van der Waals surface area contributed by atoms with E-state index in [1.807, 2.05) is 48.5 Å². The third-order valence-corrected chi connectivity index (χ3v) is 9.94. The molecule has 1 aliphatic heterocycles. The van der Waals surface area contributed by atoms with Gasteiger partial charge in [-0.2, -0.15) is 0 Å². The second-order valence-electron chi connectivity index (χ2n) is 13.4. The lowest BCUT2D eigenvalue weighted by Gasteiger charge is -2.25. The molecule has 0 spiro atoms. The van der Waals surface area contributed by atoms with Gasteiger partial charge in [0.05, 0.1) is 0 Å². The molecule has 0 radical (unpaired) electrons. The van der Waals surface area contributed by atoms with Crippen LogP contribution in [0.15, 0.2) is 192 Å². The molecule has 1 aliphatic rings. The first kappa shape index (κ1) is 31.4. The summed E-state index contributed by atoms with van der Waals surface area (Å²) in [5.41, 5.74) is 5.69. The summed E-state index contributed by atoms with van der Waals surface area (Å²) in [7, 11) is 0. The van der Waals surface area contributed by atoms with Crippen LogP contribution in [0.2, 0.25) is 0 Å². The van der Waals surface area contributed by atoms with Crippen LogP contribution in [0.3, 0.4) is 0 Å². The van der Waals surface area contributed by atoms with Gasteiger partial charge in [-0.3, -0.25) is 0 Å². The van der Waals surface area contributed by atoms with E-state index in [1.54, 1.807) is 0 Å². The van der Waals surface area contributed by atoms with Crippen molar-refractivity contribution in [2.24, 2.45) is 9.98 Å². The summed E-state index contributed by atoms with van der Waals surface area (Å²) in [4.78, 5) is 25.8. The molecule has 54 heavy (non-hydrogen) atoms. The topological polar surface area (TPSA) is 75.4 Å². The molecule has 6 heteroatoms. The smallest absolute Gasteiger partial charge is 0.164 e. The minimum Gasteiger partial charge on any atom is -0.344 e. The van der Waals surface area contributed by atoms with Gasteiger partial charge in [-0.15, -0.1) is 0 Å². The minimum absolute atomic E-state index is 0.445. The molecule has 0 saturated heterocycles. The van der Waals surface area contributed by atoms with Crippen LogP contribution in [-0.4, -0.2) is 26.6 Å². The standard InChI is InChI=1S/C48H32N6/c1-3-15-34(16-4-1)43-49-45(38-27-25-31-13-7-9-19-36(31)29-38)53-47(51-43)40-23-11-21-33-22-12-24-41(42(33)40)48-52-44(35-17-5-2-6-18-35)50-46(54-48)39-28-26-32-14-8-10-20-37(32)30-39/h1-30,47H,(H,49,51,53). The van der Waals surface area contributed by atoms with Gasteiger partial charge >= 0.3 is 0 Å². The minimum atomic E-state index is -0.445. The van der Waals surface area contributed by atoms with Gasteiger partial charge in [-0.05, 0) is 44.5 Å². The molecule has 0 fully saturated rings. The fraction of sp³-hybridized carbons (Fsp3) is 0.0208. The highest BCUT2D eigenvalue weighted by molar-refractivity contribution is 6.14. The number of hydrogen-bond donors (Lipinski definition) is 1. The molecule has 10 rings (SSSR count). The van der Waals surface area contributed by atoms with Crippen LogP contribution in [0.25, 0.3) is 66.5 Å². The lowest BCUT2D eigenvalue weighted by molar-refractivity contribution is 0.680. The molecule has 0 aliphatic carbocycles. The number of rotatable bonds is 6. The van der Waals surface area contributed by atoms with E-state index < -0.39 is 6.17 Å². The highest BCUT2D eigenvalue weighted by Crippen LogP contribution is 2.36. The van der Waals surface area contributed by atoms with Crippen molar-refractivity contribution in [1.29, 1.82) is 0 Å². The number of nitrogens with zero attached hydrogens (tertiary/aromatic N) is 5. The molecule has 1 atom stereocenters. The van der Waals surface area contributed by atoms with Gasteiger partial charge in [0.25, 0.3) is 0 Å². The Morgan fingerprint density at radius 3 is 1.63 bits per heavy atom. The molecule has 0 amide bonds. The van der Waals surface area contributed by atoms with Gasteiger partial charge < -0.3 is 5.32 Å². The van der Waals surface area contributed by atoms with Gasteiger partial charge in [0.1, 0.15) is 12.0 Å². The Hall–Kier alpha value is -7.31. The van der Waals surface area contributed by atoms with Gasteiger partial charge in [0, 0.05) is 33.4 Å². The zero-order valence-electron chi connectivity index (χ0n) is 29.1. The molecule has 6 nitrogen and oxygen atoms in total. The summed E-state index contributed by atoms with van der Waals surface area (Å²) in [5.74, 6) is 3.26. The Kier molecular flexibility index (Phi) is 7.77. The molecule has 8 aromatic carbocycles. The number of fused-ring (bicyclic) bond motifs is 3. The van der Waals surface area contributed by atoms with Gasteiger partial charge in [0.15, 0.2) is 23.3 Å². The SMILES string of the molecule is c1ccc(C2=NC(c3ccc4ccccc4c3)=NC(c3cccc4cccc(-c5nc(-c6ccccc6)nc(-c6ccc7ccccc7c6)n5)c34)N2)cc1. The maximum absolute atomic E-state index is 5.31. The molecule has 0 saturated carbocycles. The zero-order chi connectivity index (χ0) is 35.8. The molecule has 9 aromatic rings. The molecule has 1 aromatic heterocycles. The summed E-state index contributed by atoms with van der Waals surface area (Å²) in [6, 6.07) is 62.5. The fourth-order valence-corrected chi connectivity index (χ4v) is 7.26. The Balaban J connectivity index is 1.16. The zero-order valence-corrected chi connectivity index (χ0v) is 29.1. The van der Waals surface area contributed by atoms with Crippen molar-refractivity contribution in [2.75, 3.05) is 0 Å². The van der Waals surface area contributed by atoms with Crippen LogP contribution in [0.5, 0.6) is 0 Å². The van der Waals surface area contributed by atoms with Crippen LogP contribution in [0, 0.1) is 0 Å². The van der Waals surface area contributed by atoms with Gasteiger partial charge in [-0.1, -0.05) is 170 Å². The lowest BCUT2D eigenvalue weighted by atomic mass is 9.96. The van der Waals surface area contributed by atoms with E-state index in [4.69, 9.17) is 24.9 Å². The quantitative estimate of drug-likeness (QED) is 0.188. The van der Waals surface area contributed by atoms with E-state index in [9.17, 15) is 0 Å². The second-order valence-corrected chi connectivity index (χ2v) is 13.4. The maximum Gasteiger partial charge on any atom is 0.164 e. The van der Waals surface area contributed by atoms with E-state index in [1.165, 1.54) is 10.8 Å². The van der Waals surface area contributed by atoms with E-state index in [-0.39, 0.29) is 0 Å². The summed E-state index contributed by atoms with van der Waals surface area (Å²) in [6.07, 6.45) is -0.445. The van der Waals surface area contributed by atoms with Crippen molar-refractivity contribution >= 4 is 44.0 Å². The van der Waals surface area contributed by atoms with E-state index in [2.05, 4.69) is 139 Å². The average Bonchev–Trinajstić information content (AvgIpc) is 3.26. The van der Waals surface area contributed by atoms with Crippen molar-refractivity contribution in [1.82, 2.24) is 20.3 Å². The highest BCUT2D eigenvalue weighted by atomic mass is 15.2.